The number of benzene rings is 1. The van der Waals surface area contributed by atoms with Crippen molar-refractivity contribution >= 4 is 23.2 Å². The number of anilines is 1. The average molecular weight is 252 g/mol. The number of carbonyl (C=O) groups excluding carboxylic acids is 1. The minimum atomic E-state index is 0.127. The Morgan fingerprint density at radius 3 is 2.47 bits per heavy atom. The molecule has 1 unspecified atom stereocenters. The molecule has 1 aromatic carbocycles. The molecule has 0 N–H and O–H groups in total. The van der Waals surface area contributed by atoms with Crippen molar-refractivity contribution in [3.05, 3.63) is 30.3 Å². The van der Waals surface area contributed by atoms with Crippen molar-refractivity contribution in [3.8, 4) is 0 Å². The van der Waals surface area contributed by atoms with Gasteiger partial charge in [0, 0.05) is 24.0 Å². The van der Waals surface area contributed by atoms with Crippen molar-refractivity contribution in [1.29, 1.82) is 0 Å². The third-order valence-electron chi connectivity index (χ3n) is 3.38. The van der Waals surface area contributed by atoms with Crippen LogP contribution in [0.5, 0.6) is 0 Å². The third kappa shape index (κ3) is 2.63. The minimum Gasteiger partial charge on any atom is -0.309 e. The topological polar surface area (TPSA) is 20.3 Å². The Labute approximate surface area is 108 Å². The monoisotopic (exact) mass is 251 g/mol. The highest BCUT2D eigenvalue weighted by atomic mass is 35.5. The predicted molar refractivity (Wildman–Crippen MR) is 71.5 cm³/mol. The summed E-state index contributed by atoms with van der Waals surface area (Å²) >= 11 is 5.68. The minimum absolute atomic E-state index is 0.127. The first-order chi connectivity index (χ1) is 8.06. The van der Waals surface area contributed by atoms with E-state index in [-0.39, 0.29) is 11.3 Å². The molecule has 0 saturated heterocycles. The van der Waals surface area contributed by atoms with Gasteiger partial charge in [0.2, 0.25) is 5.91 Å². The molecule has 0 aliphatic heterocycles. The van der Waals surface area contributed by atoms with E-state index in [4.69, 9.17) is 11.6 Å². The normalized spacial score (nSPS) is 21.0. The number of amides is 1. The molecule has 92 valence electrons. The van der Waals surface area contributed by atoms with Crippen LogP contribution >= 0.6 is 11.6 Å². The zero-order valence-corrected chi connectivity index (χ0v) is 11.1. The van der Waals surface area contributed by atoms with Gasteiger partial charge in [-0.15, -0.1) is 11.6 Å². The van der Waals surface area contributed by atoms with E-state index < -0.39 is 0 Å². The lowest BCUT2D eigenvalue weighted by Crippen LogP contribution is -2.35. The van der Waals surface area contributed by atoms with Crippen LogP contribution < -0.4 is 4.90 Å². The molecule has 0 bridgehead atoms. The van der Waals surface area contributed by atoms with Gasteiger partial charge in [-0.1, -0.05) is 32.0 Å². The lowest BCUT2D eigenvalue weighted by atomic mass is 10.1. The van der Waals surface area contributed by atoms with Gasteiger partial charge in [0.05, 0.1) is 0 Å². The third-order valence-corrected chi connectivity index (χ3v) is 3.57. The Kier molecular flexibility index (Phi) is 3.43. The standard InChI is InChI=1S/C14H18ClNO/c1-14(2)10-12(14)16(13(17)8-9-15)11-6-4-3-5-7-11/h3-7,12H,8-10H2,1-2H3. The molecule has 1 aliphatic carbocycles. The van der Waals surface area contributed by atoms with Gasteiger partial charge in [-0.05, 0) is 24.0 Å². The van der Waals surface area contributed by atoms with Crippen molar-refractivity contribution < 1.29 is 4.79 Å². The highest BCUT2D eigenvalue weighted by molar-refractivity contribution is 6.19. The first-order valence-electron chi connectivity index (χ1n) is 5.99. The van der Waals surface area contributed by atoms with Gasteiger partial charge in [0.1, 0.15) is 0 Å². The molecule has 0 spiro atoms. The van der Waals surface area contributed by atoms with E-state index in [1.165, 1.54) is 0 Å². The molecule has 1 aliphatic rings. The van der Waals surface area contributed by atoms with Crippen molar-refractivity contribution in [2.75, 3.05) is 10.8 Å². The van der Waals surface area contributed by atoms with Crippen LogP contribution in [0, 0.1) is 5.41 Å². The lowest BCUT2D eigenvalue weighted by Gasteiger charge is -2.24. The van der Waals surface area contributed by atoms with Gasteiger partial charge in [-0.3, -0.25) is 4.79 Å². The molecule has 3 heteroatoms. The molecule has 1 amide bonds. The van der Waals surface area contributed by atoms with Crippen molar-refractivity contribution in [2.45, 2.75) is 32.7 Å². The van der Waals surface area contributed by atoms with Gasteiger partial charge in [0.15, 0.2) is 0 Å². The summed E-state index contributed by atoms with van der Waals surface area (Å²) in [5.41, 5.74) is 1.22. The number of para-hydroxylation sites is 1. The predicted octanol–water partition coefficient (Wildman–Crippen LogP) is 3.45. The average Bonchev–Trinajstić information content (AvgIpc) is 2.89. The SMILES string of the molecule is CC1(C)CC1N(C(=O)CCCl)c1ccccc1. The smallest absolute Gasteiger partial charge is 0.228 e. The number of hydrogen-bond acceptors (Lipinski definition) is 1. The Morgan fingerprint density at radius 1 is 1.41 bits per heavy atom. The first-order valence-corrected chi connectivity index (χ1v) is 6.53. The largest absolute Gasteiger partial charge is 0.309 e. The molecule has 1 atom stereocenters. The molecule has 2 rings (SSSR count). The quantitative estimate of drug-likeness (QED) is 0.751. The van der Waals surface area contributed by atoms with Gasteiger partial charge >= 0.3 is 0 Å². The van der Waals surface area contributed by atoms with E-state index in [1.807, 2.05) is 35.2 Å². The van der Waals surface area contributed by atoms with Gasteiger partial charge in [-0.2, -0.15) is 0 Å². The highest BCUT2D eigenvalue weighted by Crippen LogP contribution is 2.50. The molecule has 2 nitrogen and oxygen atoms in total. The summed E-state index contributed by atoms with van der Waals surface area (Å²) < 4.78 is 0. The van der Waals surface area contributed by atoms with E-state index in [1.54, 1.807) is 0 Å². The first kappa shape index (κ1) is 12.4. The number of rotatable bonds is 4. The van der Waals surface area contributed by atoms with Crippen LogP contribution in [0.1, 0.15) is 26.7 Å². The van der Waals surface area contributed by atoms with E-state index in [0.717, 1.165) is 12.1 Å². The molecule has 1 aromatic rings. The van der Waals surface area contributed by atoms with E-state index in [9.17, 15) is 4.79 Å². The molecule has 1 saturated carbocycles. The number of nitrogens with zero attached hydrogens (tertiary/aromatic N) is 1. The summed E-state index contributed by atoms with van der Waals surface area (Å²) in [5.74, 6) is 0.511. The van der Waals surface area contributed by atoms with Gasteiger partial charge < -0.3 is 4.90 Å². The summed E-state index contributed by atoms with van der Waals surface area (Å²) in [6.07, 6.45) is 1.47. The Hall–Kier alpha value is -1.02. The fourth-order valence-electron chi connectivity index (χ4n) is 2.17. The second-order valence-electron chi connectivity index (χ2n) is 5.25. The summed E-state index contributed by atoms with van der Waals surface area (Å²) in [6, 6.07) is 10.2. The van der Waals surface area contributed by atoms with Gasteiger partial charge in [-0.25, -0.2) is 0 Å². The maximum absolute atomic E-state index is 12.2. The summed E-state index contributed by atoms with van der Waals surface area (Å²) in [4.78, 5) is 14.1. The van der Waals surface area contributed by atoms with Crippen LogP contribution in [0.4, 0.5) is 5.69 Å². The number of alkyl halides is 1. The van der Waals surface area contributed by atoms with Crippen LogP contribution in [0.2, 0.25) is 0 Å². The molecule has 1 fully saturated rings. The van der Waals surface area contributed by atoms with E-state index in [0.29, 0.717) is 18.3 Å². The van der Waals surface area contributed by atoms with Crippen LogP contribution in [0.25, 0.3) is 0 Å². The molecule has 0 aromatic heterocycles. The maximum Gasteiger partial charge on any atom is 0.228 e. The van der Waals surface area contributed by atoms with Crippen LogP contribution in [0.15, 0.2) is 30.3 Å². The fraction of sp³-hybridized carbons (Fsp3) is 0.500. The Balaban J connectivity index is 2.23. The fourth-order valence-corrected chi connectivity index (χ4v) is 2.33. The maximum atomic E-state index is 12.2. The molecule has 17 heavy (non-hydrogen) atoms. The molecular weight excluding hydrogens is 234 g/mol. The highest BCUT2D eigenvalue weighted by Gasteiger charge is 2.51. The van der Waals surface area contributed by atoms with Crippen molar-refractivity contribution in [1.82, 2.24) is 0 Å². The summed E-state index contributed by atoms with van der Waals surface area (Å²) in [7, 11) is 0. The Bertz CT molecular complexity index is 402. The molecular formula is C14H18ClNO. The van der Waals surface area contributed by atoms with Crippen molar-refractivity contribution in [3.63, 3.8) is 0 Å². The van der Waals surface area contributed by atoms with Crippen molar-refractivity contribution in [2.24, 2.45) is 5.41 Å². The van der Waals surface area contributed by atoms with Crippen LogP contribution in [-0.4, -0.2) is 17.8 Å². The Morgan fingerprint density at radius 2 is 2.00 bits per heavy atom. The zero-order valence-electron chi connectivity index (χ0n) is 10.3. The zero-order chi connectivity index (χ0) is 12.5. The van der Waals surface area contributed by atoms with E-state index >= 15 is 0 Å². The lowest BCUT2D eigenvalue weighted by molar-refractivity contribution is -0.118. The summed E-state index contributed by atoms with van der Waals surface area (Å²) in [6.45, 7) is 4.39. The number of carbonyl (C=O) groups is 1. The van der Waals surface area contributed by atoms with Crippen LogP contribution in [-0.2, 0) is 4.79 Å². The molecule has 0 radical (unpaired) electrons. The second kappa shape index (κ2) is 4.69. The molecule has 0 heterocycles. The number of hydrogen-bond donors (Lipinski definition) is 0. The summed E-state index contributed by atoms with van der Waals surface area (Å²) in [5, 5.41) is 0. The van der Waals surface area contributed by atoms with Gasteiger partial charge in [0.25, 0.3) is 0 Å². The van der Waals surface area contributed by atoms with Crippen LogP contribution in [0.3, 0.4) is 0 Å². The number of halogens is 1. The van der Waals surface area contributed by atoms with E-state index in [2.05, 4.69) is 13.8 Å². The second-order valence-corrected chi connectivity index (χ2v) is 5.62.